The van der Waals surface area contributed by atoms with Gasteiger partial charge in [0.15, 0.2) is 0 Å². The molecule has 0 amide bonds. The first-order valence-electron chi connectivity index (χ1n) is 9.95. The van der Waals surface area contributed by atoms with Crippen molar-refractivity contribution in [2.75, 3.05) is 38.2 Å². The number of piperazine rings is 1. The summed E-state index contributed by atoms with van der Waals surface area (Å²) in [6.07, 6.45) is 0. The van der Waals surface area contributed by atoms with Gasteiger partial charge in [-0.05, 0) is 45.0 Å². The van der Waals surface area contributed by atoms with Gasteiger partial charge in [-0.15, -0.1) is 5.06 Å². The number of nitrogens with zero attached hydrogens (tertiary/aromatic N) is 2. The largest absolute Gasteiger partial charge is 0.465 e. The third-order valence-electron chi connectivity index (χ3n) is 4.77. The number of para-hydroxylation sites is 1. The summed E-state index contributed by atoms with van der Waals surface area (Å²) in [6, 6.07) is 14.7. The summed E-state index contributed by atoms with van der Waals surface area (Å²) < 4.78 is 10.9. The second-order valence-electron chi connectivity index (χ2n) is 8.13. The van der Waals surface area contributed by atoms with E-state index in [-0.39, 0.29) is 5.97 Å². The van der Waals surface area contributed by atoms with Gasteiger partial charge in [-0.1, -0.05) is 18.2 Å². The van der Waals surface area contributed by atoms with Crippen molar-refractivity contribution in [1.29, 1.82) is 0 Å². The highest BCUT2D eigenvalue weighted by Crippen LogP contribution is 2.31. The highest BCUT2D eigenvalue weighted by Gasteiger charge is 2.28. The molecule has 3 rings (SSSR count). The van der Waals surface area contributed by atoms with E-state index in [1.54, 1.807) is 11.1 Å². The van der Waals surface area contributed by atoms with Crippen molar-refractivity contribution in [3.63, 3.8) is 0 Å². The Morgan fingerprint density at radius 3 is 2.20 bits per heavy atom. The fourth-order valence-electron chi connectivity index (χ4n) is 2.98. The fraction of sp³-hybridized carbons (Fsp3) is 0.391. The Morgan fingerprint density at radius 2 is 1.60 bits per heavy atom. The molecule has 1 fully saturated rings. The minimum Gasteiger partial charge on any atom is -0.465 e. The van der Waals surface area contributed by atoms with Crippen LogP contribution in [0.2, 0.25) is 0 Å². The predicted octanol–water partition coefficient (Wildman–Crippen LogP) is 3.89. The summed E-state index contributed by atoms with van der Waals surface area (Å²) in [7, 11) is 1.35. The SMILES string of the molecule is COC(=O)c1ccc(N2CCN(OC(=O)C(C)(C)C)CC2)cc1Oc1ccccc1. The van der Waals surface area contributed by atoms with Crippen molar-refractivity contribution in [2.24, 2.45) is 5.41 Å². The topological polar surface area (TPSA) is 68.3 Å². The Bertz CT molecular complexity index is 884. The van der Waals surface area contributed by atoms with Gasteiger partial charge in [-0.2, -0.15) is 0 Å². The van der Waals surface area contributed by atoms with Crippen molar-refractivity contribution >= 4 is 17.6 Å². The molecule has 1 aliphatic rings. The van der Waals surface area contributed by atoms with Crippen LogP contribution in [0.25, 0.3) is 0 Å². The Hall–Kier alpha value is -3.06. The summed E-state index contributed by atoms with van der Waals surface area (Å²) in [5.41, 5.74) is 0.753. The lowest BCUT2D eigenvalue weighted by Crippen LogP contribution is -2.48. The number of hydrogen-bond acceptors (Lipinski definition) is 7. The van der Waals surface area contributed by atoms with Crippen LogP contribution in [0.1, 0.15) is 31.1 Å². The highest BCUT2D eigenvalue weighted by molar-refractivity contribution is 5.93. The van der Waals surface area contributed by atoms with Crippen LogP contribution in [0.15, 0.2) is 48.5 Å². The Balaban J connectivity index is 1.73. The zero-order valence-corrected chi connectivity index (χ0v) is 17.9. The van der Waals surface area contributed by atoms with Crippen LogP contribution in [-0.2, 0) is 14.4 Å². The average molecular weight is 412 g/mol. The minimum absolute atomic E-state index is 0.239. The third-order valence-corrected chi connectivity index (χ3v) is 4.77. The normalized spacial score (nSPS) is 14.9. The van der Waals surface area contributed by atoms with E-state index >= 15 is 0 Å². The summed E-state index contributed by atoms with van der Waals surface area (Å²) in [5.74, 6) is 0.383. The number of benzene rings is 2. The molecule has 1 aliphatic heterocycles. The molecule has 0 radical (unpaired) electrons. The van der Waals surface area contributed by atoms with Crippen LogP contribution in [0, 0.1) is 5.41 Å². The molecule has 160 valence electrons. The van der Waals surface area contributed by atoms with Gasteiger partial charge in [-0.25, -0.2) is 9.59 Å². The average Bonchev–Trinajstić information content (AvgIpc) is 2.74. The molecule has 1 saturated heterocycles. The van der Waals surface area contributed by atoms with E-state index in [4.69, 9.17) is 14.3 Å². The maximum atomic E-state index is 12.2. The molecule has 0 spiro atoms. The zero-order chi connectivity index (χ0) is 21.7. The second-order valence-corrected chi connectivity index (χ2v) is 8.13. The van der Waals surface area contributed by atoms with Crippen LogP contribution in [-0.4, -0.2) is 50.3 Å². The molecule has 1 heterocycles. The maximum Gasteiger partial charge on any atom is 0.341 e. The number of hydrogen-bond donors (Lipinski definition) is 0. The van der Waals surface area contributed by atoms with Crippen LogP contribution in [0.3, 0.4) is 0 Å². The lowest BCUT2D eigenvalue weighted by atomic mass is 9.98. The number of methoxy groups -OCH3 is 1. The van der Waals surface area contributed by atoms with Gasteiger partial charge < -0.3 is 19.2 Å². The lowest BCUT2D eigenvalue weighted by Gasteiger charge is -2.36. The first-order valence-corrected chi connectivity index (χ1v) is 9.95. The highest BCUT2D eigenvalue weighted by atomic mass is 16.7. The van der Waals surface area contributed by atoms with Crippen molar-refractivity contribution < 1.29 is 23.9 Å². The molecule has 7 heteroatoms. The number of rotatable bonds is 5. The van der Waals surface area contributed by atoms with Crippen molar-refractivity contribution in [1.82, 2.24) is 5.06 Å². The summed E-state index contributed by atoms with van der Waals surface area (Å²) >= 11 is 0. The molecular formula is C23H28N2O5. The maximum absolute atomic E-state index is 12.2. The molecule has 0 bridgehead atoms. The quantitative estimate of drug-likeness (QED) is 0.690. The van der Waals surface area contributed by atoms with E-state index in [0.29, 0.717) is 43.2 Å². The van der Waals surface area contributed by atoms with Crippen LogP contribution >= 0.6 is 0 Å². The van der Waals surface area contributed by atoms with Crippen molar-refractivity contribution in [3.8, 4) is 11.5 Å². The number of carbonyl (C=O) groups excluding carboxylic acids is 2. The van der Waals surface area contributed by atoms with Gasteiger partial charge in [0.1, 0.15) is 17.1 Å². The van der Waals surface area contributed by atoms with E-state index < -0.39 is 11.4 Å². The number of carbonyl (C=O) groups is 2. The predicted molar refractivity (Wildman–Crippen MR) is 114 cm³/mol. The van der Waals surface area contributed by atoms with Gasteiger partial charge >= 0.3 is 11.9 Å². The van der Waals surface area contributed by atoms with Crippen molar-refractivity contribution in [2.45, 2.75) is 20.8 Å². The summed E-state index contributed by atoms with van der Waals surface area (Å²) in [4.78, 5) is 31.9. The Morgan fingerprint density at radius 1 is 0.933 bits per heavy atom. The fourth-order valence-corrected chi connectivity index (χ4v) is 2.98. The first kappa shape index (κ1) is 21.6. The van der Waals surface area contributed by atoms with E-state index in [1.807, 2.05) is 63.2 Å². The molecule has 0 aliphatic carbocycles. The van der Waals surface area contributed by atoms with Gasteiger partial charge in [0.25, 0.3) is 0 Å². The van der Waals surface area contributed by atoms with Gasteiger partial charge in [0.2, 0.25) is 0 Å². The number of hydroxylamine groups is 2. The van der Waals surface area contributed by atoms with Crippen molar-refractivity contribution in [3.05, 3.63) is 54.1 Å². The smallest absolute Gasteiger partial charge is 0.341 e. The number of esters is 1. The summed E-state index contributed by atoms with van der Waals surface area (Å²) in [5, 5.41) is 1.70. The van der Waals surface area contributed by atoms with E-state index in [9.17, 15) is 9.59 Å². The third kappa shape index (κ3) is 5.30. The minimum atomic E-state index is -0.537. The summed E-state index contributed by atoms with van der Waals surface area (Å²) in [6.45, 7) is 8.05. The zero-order valence-electron chi connectivity index (χ0n) is 17.9. The monoisotopic (exact) mass is 412 g/mol. The van der Waals surface area contributed by atoms with Crippen LogP contribution in [0.4, 0.5) is 5.69 Å². The Labute approximate surface area is 177 Å². The van der Waals surface area contributed by atoms with Gasteiger partial charge in [-0.3, -0.25) is 0 Å². The molecule has 7 nitrogen and oxygen atoms in total. The molecule has 0 atom stereocenters. The van der Waals surface area contributed by atoms with Gasteiger partial charge in [0, 0.05) is 24.8 Å². The molecular weight excluding hydrogens is 384 g/mol. The second kappa shape index (κ2) is 9.17. The lowest BCUT2D eigenvalue weighted by molar-refractivity contribution is -0.201. The molecule has 0 N–H and O–H groups in total. The molecule has 2 aromatic carbocycles. The first-order chi connectivity index (χ1) is 14.3. The molecule has 0 saturated carbocycles. The number of anilines is 1. The molecule has 2 aromatic rings. The van der Waals surface area contributed by atoms with E-state index in [1.165, 1.54) is 7.11 Å². The molecule has 30 heavy (non-hydrogen) atoms. The van der Waals surface area contributed by atoms with E-state index in [0.717, 1.165) is 5.69 Å². The van der Waals surface area contributed by atoms with Crippen LogP contribution < -0.4 is 9.64 Å². The number of ether oxygens (including phenoxy) is 2. The Kier molecular flexibility index (Phi) is 6.62. The molecule has 0 unspecified atom stereocenters. The van der Waals surface area contributed by atoms with Gasteiger partial charge in [0.05, 0.1) is 25.6 Å². The standard InChI is InChI=1S/C23H28N2O5/c1-23(2,3)22(27)30-25-14-12-24(13-15-25)17-10-11-19(21(26)28-4)20(16-17)29-18-8-6-5-7-9-18/h5-11,16H,12-15H2,1-4H3. The van der Waals surface area contributed by atoms with E-state index in [2.05, 4.69) is 4.90 Å². The van der Waals surface area contributed by atoms with Crippen LogP contribution in [0.5, 0.6) is 11.5 Å². The molecule has 0 aromatic heterocycles.